The van der Waals surface area contributed by atoms with Crippen LogP contribution >= 0.6 is 0 Å². The Morgan fingerprint density at radius 1 is 1.42 bits per heavy atom. The fraction of sp³-hybridized carbons (Fsp3) is 0.333. The van der Waals surface area contributed by atoms with Gasteiger partial charge in [-0.2, -0.15) is 0 Å². The molecule has 0 amide bonds. The van der Waals surface area contributed by atoms with Gasteiger partial charge in [0.1, 0.15) is 0 Å². The van der Waals surface area contributed by atoms with Crippen LogP contribution in [0.5, 0.6) is 0 Å². The van der Waals surface area contributed by atoms with E-state index in [0.29, 0.717) is 0 Å². The van der Waals surface area contributed by atoms with Crippen LogP contribution in [0.25, 0.3) is 0 Å². The molecule has 5 nitrogen and oxygen atoms in total. The van der Waals surface area contributed by atoms with Gasteiger partial charge >= 0.3 is 0 Å². The quantitative estimate of drug-likeness (QED) is 0.718. The molecule has 0 aliphatic rings. The summed E-state index contributed by atoms with van der Waals surface area (Å²) >= 11 is 0. The molecule has 12 heavy (non-hydrogen) atoms. The fourth-order valence-electron chi connectivity index (χ4n) is 0.653. The lowest BCUT2D eigenvalue weighted by molar-refractivity contribution is 0.437. The van der Waals surface area contributed by atoms with Gasteiger partial charge in [0, 0.05) is 20.2 Å². The lowest BCUT2D eigenvalue weighted by atomic mass is 10.6. The van der Waals surface area contributed by atoms with E-state index in [0.717, 1.165) is 4.31 Å². The Morgan fingerprint density at radius 3 is 2.33 bits per heavy atom. The van der Waals surface area contributed by atoms with Crippen LogP contribution in [-0.4, -0.2) is 26.8 Å². The minimum atomic E-state index is -3.47. The van der Waals surface area contributed by atoms with Crippen molar-refractivity contribution >= 4 is 15.9 Å². The van der Waals surface area contributed by atoms with Gasteiger partial charge in [0.15, 0.2) is 5.88 Å². The molecule has 1 aromatic heterocycles. The molecule has 68 valence electrons. The number of furan rings is 1. The van der Waals surface area contributed by atoms with Crippen molar-refractivity contribution < 1.29 is 12.8 Å². The summed E-state index contributed by atoms with van der Waals surface area (Å²) in [6.07, 6.45) is 0. The first-order chi connectivity index (χ1) is 5.44. The molecule has 0 aliphatic heterocycles. The predicted octanol–water partition coefficient (Wildman–Crippen LogP) is 0.112. The molecule has 0 saturated carbocycles. The number of sulfonamides is 1. The van der Waals surface area contributed by atoms with Crippen molar-refractivity contribution in [3.05, 3.63) is 12.1 Å². The van der Waals surface area contributed by atoms with Gasteiger partial charge < -0.3 is 10.2 Å². The van der Waals surface area contributed by atoms with Crippen LogP contribution in [-0.2, 0) is 10.0 Å². The topological polar surface area (TPSA) is 76.5 Å². The summed E-state index contributed by atoms with van der Waals surface area (Å²) in [6.45, 7) is 0. The average molecular weight is 190 g/mol. The van der Waals surface area contributed by atoms with E-state index in [1.165, 1.54) is 26.2 Å². The zero-order chi connectivity index (χ0) is 9.35. The van der Waals surface area contributed by atoms with Crippen molar-refractivity contribution in [2.75, 3.05) is 19.8 Å². The molecular formula is C6H10N2O3S. The molecule has 0 aliphatic carbocycles. The fourth-order valence-corrected chi connectivity index (χ4v) is 1.45. The normalized spacial score (nSPS) is 12.2. The van der Waals surface area contributed by atoms with Crippen LogP contribution in [0, 0.1) is 0 Å². The molecule has 0 bridgehead atoms. The monoisotopic (exact) mass is 190 g/mol. The summed E-state index contributed by atoms with van der Waals surface area (Å²) in [7, 11) is -0.620. The Hall–Kier alpha value is -1.01. The highest BCUT2D eigenvalue weighted by Gasteiger charge is 2.20. The molecule has 0 aromatic carbocycles. The summed E-state index contributed by atoms with van der Waals surface area (Å²) in [4.78, 5) is 0. The molecule has 0 saturated heterocycles. The number of nitrogens with zero attached hydrogens (tertiary/aromatic N) is 1. The van der Waals surface area contributed by atoms with Crippen LogP contribution in [0.1, 0.15) is 0 Å². The van der Waals surface area contributed by atoms with Crippen molar-refractivity contribution in [2.24, 2.45) is 0 Å². The Morgan fingerprint density at radius 2 is 2.00 bits per heavy atom. The molecule has 0 fully saturated rings. The van der Waals surface area contributed by atoms with E-state index in [-0.39, 0.29) is 11.0 Å². The highest BCUT2D eigenvalue weighted by Crippen LogP contribution is 2.17. The number of hydrogen-bond donors (Lipinski definition) is 1. The zero-order valence-electron chi connectivity index (χ0n) is 6.81. The maximum atomic E-state index is 11.3. The maximum absolute atomic E-state index is 11.3. The van der Waals surface area contributed by atoms with Crippen molar-refractivity contribution in [2.45, 2.75) is 5.09 Å². The number of anilines is 1. The summed E-state index contributed by atoms with van der Waals surface area (Å²) in [5.74, 6) is 0.0930. The van der Waals surface area contributed by atoms with Gasteiger partial charge in [0.05, 0.1) is 0 Å². The maximum Gasteiger partial charge on any atom is 0.276 e. The second-order valence-corrected chi connectivity index (χ2v) is 4.53. The van der Waals surface area contributed by atoms with Gasteiger partial charge in [0.2, 0.25) is 5.09 Å². The third-order valence-corrected chi connectivity index (χ3v) is 3.03. The second kappa shape index (κ2) is 2.80. The number of rotatable bonds is 2. The van der Waals surface area contributed by atoms with E-state index in [4.69, 9.17) is 10.2 Å². The van der Waals surface area contributed by atoms with E-state index in [1.807, 2.05) is 0 Å². The van der Waals surface area contributed by atoms with Crippen molar-refractivity contribution in [3.63, 3.8) is 0 Å². The number of hydrogen-bond acceptors (Lipinski definition) is 4. The van der Waals surface area contributed by atoms with Crippen LogP contribution in [0.2, 0.25) is 0 Å². The first-order valence-electron chi connectivity index (χ1n) is 3.22. The van der Waals surface area contributed by atoms with Crippen molar-refractivity contribution in [1.29, 1.82) is 0 Å². The third-order valence-electron chi connectivity index (χ3n) is 1.34. The first-order valence-corrected chi connectivity index (χ1v) is 4.66. The zero-order valence-corrected chi connectivity index (χ0v) is 7.63. The van der Waals surface area contributed by atoms with Crippen molar-refractivity contribution in [3.8, 4) is 0 Å². The van der Waals surface area contributed by atoms with Crippen molar-refractivity contribution in [1.82, 2.24) is 4.31 Å². The van der Waals surface area contributed by atoms with E-state index in [2.05, 4.69) is 0 Å². The third kappa shape index (κ3) is 1.44. The predicted molar refractivity (Wildman–Crippen MR) is 44.0 cm³/mol. The molecule has 0 unspecified atom stereocenters. The van der Waals surface area contributed by atoms with Crippen LogP contribution in [0.15, 0.2) is 21.6 Å². The number of nitrogens with two attached hydrogens (primary N) is 1. The summed E-state index contributed by atoms with van der Waals surface area (Å²) < 4.78 is 28.5. The highest BCUT2D eigenvalue weighted by atomic mass is 32.2. The Labute approximate surface area is 70.8 Å². The van der Waals surface area contributed by atoms with Gasteiger partial charge in [-0.15, -0.1) is 0 Å². The minimum Gasteiger partial charge on any atom is -0.428 e. The largest absolute Gasteiger partial charge is 0.428 e. The van der Waals surface area contributed by atoms with E-state index in [1.54, 1.807) is 0 Å². The van der Waals surface area contributed by atoms with Gasteiger partial charge in [-0.3, -0.25) is 0 Å². The van der Waals surface area contributed by atoms with Gasteiger partial charge in [-0.1, -0.05) is 0 Å². The Kier molecular flexibility index (Phi) is 2.12. The van der Waals surface area contributed by atoms with Crippen LogP contribution < -0.4 is 5.73 Å². The molecule has 0 spiro atoms. The molecule has 2 N–H and O–H groups in total. The lowest BCUT2D eigenvalue weighted by Gasteiger charge is -2.07. The SMILES string of the molecule is CN(C)S(=O)(=O)c1ccc(N)o1. The lowest BCUT2D eigenvalue weighted by Crippen LogP contribution is -2.21. The van der Waals surface area contributed by atoms with E-state index < -0.39 is 10.0 Å². The molecule has 0 atom stereocenters. The smallest absolute Gasteiger partial charge is 0.276 e. The molecule has 6 heteroatoms. The first kappa shape index (κ1) is 9.08. The summed E-state index contributed by atoms with van der Waals surface area (Å²) in [6, 6.07) is 2.72. The molecule has 1 heterocycles. The highest BCUT2D eigenvalue weighted by molar-refractivity contribution is 7.88. The van der Waals surface area contributed by atoms with Gasteiger partial charge in [-0.05, 0) is 6.07 Å². The Balaban J connectivity index is 3.15. The van der Waals surface area contributed by atoms with Gasteiger partial charge in [0.25, 0.3) is 10.0 Å². The second-order valence-electron chi connectivity index (χ2n) is 2.44. The molecular weight excluding hydrogens is 180 g/mol. The van der Waals surface area contributed by atoms with Crippen LogP contribution in [0.3, 0.4) is 0 Å². The minimum absolute atomic E-state index is 0.0930. The summed E-state index contributed by atoms with van der Waals surface area (Å²) in [5, 5.41) is -0.134. The number of nitrogen functional groups attached to an aromatic ring is 1. The molecule has 1 rings (SSSR count). The Bertz CT molecular complexity index is 366. The molecule has 0 radical (unpaired) electrons. The van der Waals surface area contributed by atoms with Crippen LogP contribution in [0.4, 0.5) is 5.88 Å². The van der Waals surface area contributed by atoms with E-state index in [9.17, 15) is 8.42 Å². The molecule has 1 aromatic rings. The van der Waals surface area contributed by atoms with Gasteiger partial charge in [-0.25, -0.2) is 12.7 Å². The summed E-state index contributed by atoms with van der Waals surface area (Å²) in [5.41, 5.74) is 5.23. The van der Waals surface area contributed by atoms with E-state index >= 15 is 0 Å². The standard InChI is InChI=1S/C6H10N2O3S/c1-8(2)12(9,10)6-4-3-5(7)11-6/h3-4H,7H2,1-2H3. The average Bonchev–Trinajstić information content (AvgIpc) is 2.35.